The molecule has 0 amide bonds. The molecule has 13 heavy (non-hydrogen) atoms. The zero-order valence-corrected chi connectivity index (χ0v) is 7.48. The largest absolute Gasteiger partial charge is 0.366 e. The lowest BCUT2D eigenvalue weighted by Gasteiger charge is -2.05. The summed E-state index contributed by atoms with van der Waals surface area (Å²) in [6, 6.07) is 1.44. The van der Waals surface area contributed by atoms with Crippen LogP contribution in [0.25, 0.3) is 0 Å². The molecule has 0 bridgehead atoms. The fourth-order valence-electron chi connectivity index (χ4n) is 1.28. The van der Waals surface area contributed by atoms with Crippen molar-refractivity contribution in [2.24, 2.45) is 14.1 Å². The maximum absolute atomic E-state index is 11.4. The van der Waals surface area contributed by atoms with Crippen LogP contribution in [0.15, 0.2) is 15.7 Å². The molecule has 70 valence electrons. The SMILES string of the molecule is Cn1c([C@@H]2CO2)cc(=O)n(C)c1=O. The lowest BCUT2D eigenvalue weighted by Crippen LogP contribution is -2.37. The number of ether oxygens (including phenoxy) is 1. The molecular formula is C8H10N2O3. The fourth-order valence-corrected chi connectivity index (χ4v) is 1.28. The third-order valence-electron chi connectivity index (χ3n) is 2.23. The second kappa shape index (κ2) is 2.56. The Morgan fingerprint density at radius 3 is 2.54 bits per heavy atom. The van der Waals surface area contributed by atoms with E-state index >= 15 is 0 Å². The van der Waals surface area contributed by atoms with Gasteiger partial charge in [0.05, 0.1) is 12.3 Å². The summed E-state index contributed by atoms with van der Waals surface area (Å²) < 4.78 is 7.54. The van der Waals surface area contributed by atoms with Crippen LogP contribution >= 0.6 is 0 Å². The molecule has 1 aliphatic rings. The lowest BCUT2D eigenvalue weighted by atomic mass is 10.3. The van der Waals surface area contributed by atoms with E-state index in [4.69, 9.17) is 4.74 Å². The van der Waals surface area contributed by atoms with E-state index in [2.05, 4.69) is 0 Å². The van der Waals surface area contributed by atoms with E-state index in [0.717, 1.165) is 4.57 Å². The van der Waals surface area contributed by atoms with E-state index in [1.165, 1.54) is 17.7 Å². The molecule has 0 aromatic carbocycles. The molecule has 1 aromatic rings. The lowest BCUT2D eigenvalue weighted by molar-refractivity contribution is 0.402. The van der Waals surface area contributed by atoms with Crippen LogP contribution in [0, 0.1) is 0 Å². The highest BCUT2D eigenvalue weighted by Gasteiger charge is 2.28. The zero-order valence-electron chi connectivity index (χ0n) is 7.48. The quantitative estimate of drug-likeness (QED) is 0.532. The summed E-state index contributed by atoms with van der Waals surface area (Å²) in [4.78, 5) is 22.7. The molecule has 0 radical (unpaired) electrons. The Kier molecular flexibility index (Phi) is 1.63. The van der Waals surface area contributed by atoms with Gasteiger partial charge in [0, 0.05) is 20.2 Å². The first-order valence-corrected chi connectivity index (χ1v) is 4.00. The molecule has 0 unspecified atom stereocenters. The van der Waals surface area contributed by atoms with Gasteiger partial charge in [-0.15, -0.1) is 0 Å². The fraction of sp³-hybridized carbons (Fsp3) is 0.500. The van der Waals surface area contributed by atoms with Crippen LogP contribution in [0.3, 0.4) is 0 Å². The van der Waals surface area contributed by atoms with Crippen molar-refractivity contribution in [1.82, 2.24) is 9.13 Å². The molecule has 1 atom stereocenters. The van der Waals surface area contributed by atoms with Crippen LogP contribution in [0.5, 0.6) is 0 Å². The molecule has 5 nitrogen and oxygen atoms in total. The molecule has 0 spiro atoms. The molecule has 2 rings (SSSR count). The van der Waals surface area contributed by atoms with Crippen LogP contribution in [-0.2, 0) is 18.8 Å². The smallest absolute Gasteiger partial charge is 0.330 e. The van der Waals surface area contributed by atoms with Crippen LogP contribution < -0.4 is 11.2 Å². The molecule has 1 aromatic heterocycles. The maximum Gasteiger partial charge on any atom is 0.330 e. The van der Waals surface area contributed by atoms with E-state index in [1.54, 1.807) is 7.05 Å². The van der Waals surface area contributed by atoms with Gasteiger partial charge in [-0.1, -0.05) is 0 Å². The summed E-state index contributed by atoms with van der Waals surface area (Å²) in [7, 11) is 3.10. The van der Waals surface area contributed by atoms with Crippen molar-refractivity contribution >= 4 is 0 Å². The van der Waals surface area contributed by atoms with Crippen molar-refractivity contribution in [1.29, 1.82) is 0 Å². The Balaban J connectivity index is 2.72. The summed E-state index contributed by atoms with van der Waals surface area (Å²) in [5.74, 6) is 0. The highest BCUT2D eigenvalue weighted by Crippen LogP contribution is 2.27. The zero-order chi connectivity index (χ0) is 9.59. The molecule has 5 heteroatoms. The van der Waals surface area contributed by atoms with Crippen molar-refractivity contribution in [2.75, 3.05) is 6.61 Å². The summed E-state index contributed by atoms with van der Waals surface area (Å²) in [6.45, 7) is 0.598. The van der Waals surface area contributed by atoms with Gasteiger partial charge in [0.1, 0.15) is 6.10 Å². The number of epoxide rings is 1. The predicted molar refractivity (Wildman–Crippen MR) is 45.6 cm³/mol. The van der Waals surface area contributed by atoms with Gasteiger partial charge >= 0.3 is 5.69 Å². The van der Waals surface area contributed by atoms with Crippen molar-refractivity contribution in [3.8, 4) is 0 Å². The number of aromatic nitrogens is 2. The highest BCUT2D eigenvalue weighted by atomic mass is 16.6. The van der Waals surface area contributed by atoms with E-state index in [-0.39, 0.29) is 17.4 Å². The van der Waals surface area contributed by atoms with Crippen molar-refractivity contribution < 1.29 is 4.74 Å². The Labute approximate surface area is 74.2 Å². The topological polar surface area (TPSA) is 56.5 Å². The van der Waals surface area contributed by atoms with Gasteiger partial charge in [-0.2, -0.15) is 0 Å². The molecule has 2 heterocycles. The highest BCUT2D eigenvalue weighted by molar-refractivity contribution is 5.09. The molecule has 1 aliphatic heterocycles. The monoisotopic (exact) mass is 182 g/mol. The van der Waals surface area contributed by atoms with Crippen LogP contribution in [-0.4, -0.2) is 15.7 Å². The molecule has 0 saturated carbocycles. The van der Waals surface area contributed by atoms with Gasteiger partial charge in [0.25, 0.3) is 5.56 Å². The average Bonchev–Trinajstić information content (AvgIpc) is 2.91. The van der Waals surface area contributed by atoms with Gasteiger partial charge in [0.15, 0.2) is 0 Å². The Bertz CT molecular complexity index is 453. The predicted octanol–water partition coefficient (Wildman–Crippen LogP) is -0.845. The number of hydrogen-bond acceptors (Lipinski definition) is 3. The normalized spacial score (nSPS) is 20.3. The second-order valence-corrected chi connectivity index (χ2v) is 3.13. The molecular weight excluding hydrogens is 172 g/mol. The number of rotatable bonds is 1. The molecule has 0 aliphatic carbocycles. The van der Waals surface area contributed by atoms with Crippen molar-refractivity contribution in [3.63, 3.8) is 0 Å². The van der Waals surface area contributed by atoms with Crippen LogP contribution in [0.4, 0.5) is 0 Å². The Morgan fingerprint density at radius 2 is 2.00 bits per heavy atom. The van der Waals surface area contributed by atoms with Crippen molar-refractivity contribution in [3.05, 3.63) is 32.6 Å². The summed E-state index contributed by atoms with van der Waals surface area (Å²) in [6.07, 6.45) is -0.0633. The van der Waals surface area contributed by atoms with Gasteiger partial charge < -0.3 is 4.74 Å². The molecule has 0 N–H and O–H groups in total. The van der Waals surface area contributed by atoms with E-state index in [9.17, 15) is 9.59 Å². The van der Waals surface area contributed by atoms with Crippen LogP contribution in [0.2, 0.25) is 0 Å². The first-order valence-electron chi connectivity index (χ1n) is 4.00. The first kappa shape index (κ1) is 8.25. The minimum atomic E-state index is -0.307. The van der Waals surface area contributed by atoms with Gasteiger partial charge in [-0.05, 0) is 0 Å². The maximum atomic E-state index is 11.4. The Morgan fingerprint density at radius 1 is 1.38 bits per heavy atom. The average molecular weight is 182 g/mol. The Hall–Kier alpha value is -1.36. The summed E-state index contributed by atoms with van der Waals surface area (Å²) in [5.41, 5.74) is 0.0692. The third-order valence-corrected chi connectivity index (χ3v) is 2.23. The minimum Gasteiger partial charge on any atom is -0.366 e. The summed E-state index contributed by atoms with van der Waals surface area (Å²) >= 11 is 0. The molecule has 1 fully saturated rings. The summed E-state index contributed by atoms with van der Waals surface area (Å²) in [5, 5.41) is 0. The van der Waals surface area contributed by atoms with Gasteiger partial charge in [0.2, 0.25) is 0 Å². The van der Waals surface area contributed by atoms with Gasteiger partial charge in [-0.25, -0.2) is 4.79 Å². The first-order chi connectivity index (χ1) is 6.11. The molecule has 1 saturated heterocycles. The second-order valence-electron chi connectivity index (χ2n) is 3.13. The van der Waals surface area contributed by atoms with E-state index in [1.807, 2.05) is 0 Å². The minimum absolute atomic E-state index is 0.0633. The van der Waals surface area contributed by atoms with E-state index in [0.29, 0.717) is 12.3 Å². The third kappa shape index (κ3) is 1.21. The number of hydrogen-bond donors (Lipinski definition) is 0. The van der Waals surface area contributed by atoms with Gasteiger partial charge in [-0.3, -0.25) is 13.9 Å². The standard InChI is InChI=1S/C8H10N2O3/c1-9-5(6-4-13-6)3-7(11)10(2)8(9)12/h3,6H,4H2,1-2H3/t6-/m0/s1. The number of nitrogens with zero attached hydrogens (tertiary/aromatic N) is 2. The van der Waals surface area contributed by atoms with Crippen LogP contribution in [0.1, 0.15) is 11.8 Å². The van der Waals surface area contributed by atoms with E-state index < -0.39 is 0 Å². The van der Waals surface area contributed by atoms with Crippen molar-refractivity contribution in [2.45, 2.75) is 6.10 Å².